The van der Waals surface area contributed by atoms with Crippen LogP contribution >= 0.6 is 0 Å². The number of ether oxygens (including phenoxy) is 1. The molecule has 25 heavy (non-hydrogen) atoms. The molecule has 4 heterocycles. The Kier molecular flexibility index (Phi) is 4.65. The smallest absolute Gasteiger partial charge is 0.160 e. The average molecular weight is 343 g/mol. The summed E-state index contributed by atoms with van der Waals surface area (Å²) in [6.45, 7) is 12.6. The molecule has 6 heteroatoms. The Morgan fingerprint density at radius 2 is 2.00 bits per heavy atom. The van der Waals surface area contributed by atoms with Gasteiger partial charge in [0.25, 0.3) is 0 Å². The van der Waals surface area contributed by atoms with Gasteiger partial charge in [0.2, 0.25) is 0 Å². The zero-order valence-electron chi connectivity index (χ0n) is 15.7. The Labute approximate surface area is 149 Å². The lowest BCUT2D eigenvalue weighted by Gasteiger charge is -2.37. The first-order valence-corrected chi connectivity index (χ1v) is 9.60. The molecule has 2 aliphatic heterocycles. The molecular formula is C19H29N5O. The van der Waals surface area contributed by atoms with Crippen molar-refractivity contribution in [2.75, 3.05) is 44.2 Å². The Hall–Kier alpha value is -1.66. The molecule has 0 saturated carbocycles. The molecular weight excluding hydrogens is 314 g/mol. The minimum atomic E-state index is 0.447. The fourth-order valence-corrected chi connectivity index (χ4v) is 3.90. The van der Waals surface area contributed by atoms with Crippen molar-refractivity contribution in [2.24, 2.45) is 0 Å². The van der Waals surface area contributed by atoms with Gasteiger partial charge >= 0.3 is 0 Å². The quantitative estimate of drug-likeness (QED) is 0.852. The van der Waals surface area contributed by atoms with E-state index >= 15 is 0 Å². The number of rotatable bonds is 4. The maximum atomic E-state index is 5.79. The number of hydrogen-bond acceptors (Lipinski definition) is 5. The molecule has 4 rings (SSSR count). The summed E-state index contributed by atoms with van der Waals surface area (Å²) in [7, 11) is 0. The lowest BCUT2D eigenvalue weighted by atomic mass is 10.2. The van der Waals surface area contributed by atoms with E-state index in [2.05, 4.69) is 36.6 Å². The summed E-state index contributed by atoms with van der Waals surface area (Å²) in [5.74, 6) is 1.19. The minimum absolute atomic E-state index is 0.447. The van der Waals surface area contributed by atoms with Gasteiger partial charge in [-0.25, -0.2) is 4.98 Å². The van der Waals surface area contributed by atoms with Crippen LogP contribution in [0.5, 0.6) is 0 Å². The summed E-state index contributed by atoms with van der Waals surface area (Å²) in [4.78, 5) is 9.81. The number of piperazine rings is 1. The van der Waals surface area contributed by atoms with E-state index in [9.17, 15) is 0 Å². The highest BCUT2D eigenvalue weighted by molar-refractivity contribution is 5.57. The molecule has 0 N–H and O–H groups in total. The summed E-state index contributed by atoms with van der Waals surface area (Å²) in [6, 6.07) is 2.22. The predicted molar refractivity (Wildman–Crippen MR) is 99.5 cm³/mol. The number of aryl methyl sites for hydroxylation is 3. The second kappa shape index (κ2) is 6.92. The van der Waals surface area contributed by atoms with Crippen LogP contribution in [0.2, 0.25) is 0 Å². The fourth-order valence-electron chi connectivity index (χ4n) is 3.90. The third-order valence-corrected chi connectivity index (χ3v) is 5.64. The monoisotopic (exact) mass is 343 g/mol. The second-order valence-electron chi connectivity index (χ2n) is 7.33. The summed E-state index contributed by atoms with van der Waals surface area (Å²) < 4.78 is 7.83. The van der Waals surface area contributed by atoms with Crippen molar-refractivity contribution in [3.05, 3.63) is 23.0 Å². The molecule has 0 amide bonds. The van der Waals surface area contributed by atoms with Gasteiger partial charge in [0.15, 0.2) is 5.65 Å². The molecule has 136 valence electrons. The van der Waals surface area contributed by atoms with E-state index in [1.807, 2.05) is 4.52 Å². The molecule has 2 aliphatic rings. The van der Waals surface area contributed by atoms with E-state index in [0.29, 0.717) is 6.10 Å². The van der Waals surface area contributed by atoms with Crippen molar-refractivity contribution < 1.29 is 4.74 Å². The minimum Gasteiger partial charge on any atom is -0.377 e. The Bertz CT molecular complexity index is 742. The summed E-state index contributed by atoms with van der Waals surface area (Å²) in [5.41, 5.74) is 4.41. The van der Waals surface area contributed by atoms with Crippen molar-refractivity contribution in [3.63, 3.8) is 0 Å². The molecule has 0 bridgehead atoms. The summed E-state index contributed by atoms with van der Waals surface area (Å²) in [6.07, 6.45) is 3.84. The SMILES string of the molecule is CCc1cc(N2CCN(CC3CCCO3)CC2)n2nc(C)c(C)c2n1. The Morgan fingerprint density at radius 1 is 1.20 bits per heavy atom. The number of anilines is 1. The highest BCUT2D eigenvalue weighted by Crippen LogP contribution is 2.23. The second-order valence-corrected chi connectivity index (χ2v) is 7.33. The van der Waals surface area contributed by atoms with Crippen molar-refractivity contribution in [2.45, 2.75) is 46.1 Å². The lowest BCUT2D eigenvalue weighted by molar-refractivity contribution is 0.0712. The third-order valence-electron chi connectivity index (χ3n) is 5.64. The highest BCUT2D eigenvalue weighted by Gasteiger charge is 2.24. The number of nitrogens with zero attached hydrogens (tertiary/aromatic N) is 5. The van der Waals surface area contributed by atoms with Crippen LogP contribution in [0.4, 0.5) is 5.82 Å². The van der Waals surface area contributed by atoms with Crippen LogP contribution in [0, 0.1) is 13.8 Å². The van der Waals surface area contributed by atoms with Gasteiger partial charge in [0.1, 0.15) is 5.82 Å². The highest BCUT2D eigenvalue weighted by atomic mass is 16.5. The van der Waals surface area contributed by atoms with E-state index < -0.39 is 0 Å². The van der Waals surface area contributed by atoms with Crippen LogP contribution in [0.25, 0.3) is 5.65 Å². The standard InChI is InChI=1S/C19H29N5O/c1-4-16-12-18(24-19(20-16)14(2)15(3)21-24)23-9-7-22(8-10-23)13-17-6-5-11-25-17/h12,17H,4-11,13H2,1-3H3. The van der Waals surface area contributed by atoms with Crippen LogP contribution in [0.15, 0.2) is 6.07 Å². The van der Waals surface area contributed by atoms with Crippen LogP contribution in [0.1, 0.15) is 36.7 Å². The molecule has 0 aliphatic carbocycles. The van der Waals surface area contributed by atoms with Crippen molar-refractivity contribution >= 4 is 11.5 Å². The van der Waals surface area contributed by atoms with Gasteiger partial charge in [-0.1, -0.05) is 6.92 Å². The van der Waals surface area contributed by atoms with E-state index in [4.69, 9.17) is 14.8 Å². The first-order valence-electron chi connectivity index (χ1n) is 9.60. The van der Waals surface area contributed by atoms with Crippen molar-refractivity contribution in [3.8, 4) is 0 Å². The molecule has 0 aromatic carbocycles. The first-order chi connectivity index (χ1) is 12.2. The molecule has 6 nitrogen and oxygen atoms in total. The van der Waals surface area contributed by atoms with E-state index in [0.717, 1.165) is 62.8 Å². The Balaban J connectivity index is 1.53. The van der Waals surface area contributed by atoms with Gasteiger partial charge in [-0.15, -0.1) is 0 Å². The molecule has 2 aromatic heterocycles. The van der Waals surface area contributed by atoms with Gasteiger partial charge in [-0.05, 0) is 33.1 Å². The van der Waals surface area contributed by atoms with Gasteiger partial charge in [-0.2, -0.15) is 9.61 Å². The third kappa shape index (κ3) is 3.25. The van der Waals surface area contributed by atoms with Crippen molar-refractivity contribution in [1.29, 1.82) is 0 Å². The maximum Gasteiger partial charge on any atom is 0.160 e. The van der Waals surface area contributed by atoms with Crippen LogP contribution in [-0.4, -0.2) is 64.9 Å². The van der Waals surface area contributed by atoms with E-state index in [1.54, 1.807) is 0 Å². The molecule has 2 saturated heterocycles. The summed E-state index contributed by atoms with van der Waals surface area (Å²) in [5, 5.41) is 4.74. The topological polar surface area (TPSA) is 45.9 Å². The van der Waals surface area contributed by atoms with Gasteiger partial charge in [0.05, 0.1) is 11.8 Å². The average Bonchev–Trinajstić information content (AvgIpc) is 3.24. The van der Waals surface area contributed by atoms with Gasteiger partial charge in [-0.3, -0.25) is 4.90 Å². The molecule has 0 spiro atoms. The molecule has 1 unspecified atom stereocenters. The van der Waals surface area contributed by atoms with Crippen LogP contribution in [-0.2, 0) is 11.2 Å². The predicted octanol–water partition coefficient (Wildman–Crippen LogP) is 2.21. The fraction of sp³-hybridized carbons (Fsp3) is 0.684. The molecule has 0 radical (unpaired) electrons. The van der Waals surface area contributed by atoms with E-state index in [-0.39, 0.29) is 0 Å². The van der Waals surface area contributed by atoms with Crippen molar-refractivity contribution in [1.82, 2.24) is 19.5 Å². The first kappa shape index (κ1) is 16.8. The molecule has 2 aromatic rings. The van der Waals surface area contributed by atoms with E-state index in [1.165, 1.54) is 24.2 Å². The normalized spacial score (nSPS) is 22.2. The van der Waals surface area contributed by atoms with Crippen LogP contribution in [0.3, 0.4) is 0 Å². The van der Waals surface area contributed by atoms with Gasteiger partial charge in [0, 0.05) is 56.7 Å². The Morgan fingerprint density at radius 3 is 2.68 bits per heavy atom. The molecule has 2 fully saturated rings. The zero-order valence-corrected chi connectivity index (χ0v) is 15.7. The maximum absolute atomic E-state index is 5.79. The van der Waals surface area contributed by atoms with Crippen LogP contribution < -0.4 is 4.90 Å². The molecule has 1 atom stereocenters. The number of fused-ring (bicyclic) bond motifs is 1. The number of hydrogen-bond donors (Lipinski definition) is 0. The number of aromatic nitrogens is 3. The largest absolute Gasteiger partial charge is 0.377 e. The zero-order chi connectivity index (χ0) is 17.4. The lowest BCUT2D eigenvalue weighted by Crippen LogP contribution is -2.49. The summed E-state index contributed by atoms with van der Waals surface area (Å²) >= 11 is 0. The van der Waals surface area contributed by atoms with Gasteiger partial charge < -0.3 is 9.64 Å².